The average molecular weight is 450 g/mol. The number of rotatable bonds is 4. The Bertz CT molecular complexity index is 1430. The highest BCUT2D eigenvalue weighted by Crippen LogP contribution is 2.41. The van der Waals surface area contributed by atoms with Crippen molar-refractivity contribution >= 4 is 34.6 Å². The van der Waals surface area contributed by atoms with Crippen molar-refractivity contribution in [3.63, 3.8) is 0 Å². The van der Waals surface area contributed by atoms with E-state index in [2.05, 4.69) is 5.32 Å². The molecule has 1 aliphatic rings. The summed E-state index contributed by atoms with van der Waals surface area (Å²) < 4.78 is 0. The third kappa shape index (κ3) is 2.98. The lowest BCUT2D eigenvalue weighted by Gasteiger charge is -2.35. The summed E-state index contributed by atoms with van der Waals surface area (Å²) in [6, 6.07) is 25.7. The van der Waals surface area contributed by atoms with Crippen molar-refractivity contribution in [1.29, 1.82) is 0 Å². The Hall–Kier alpha value is -4.78. The molecule has 0 unspecified atom stereocenters. The van der Waals surface area contributed by atoms with E-state index < -0.39 is 29.4 Å². The van der Waals surface area contributed by atoms with Crippen LogP contribution in [0.2, 0.25) is 0 Å². The first-order valence-electron chi connectivity index (χ1n) is 10.5. The summed E-state index contributed by atoms with van der Waals surface area (Å²) in [4.78, 5) is 53.3. The fraction of sp³-hybridized carbons (Fsp3) is 0.0370. The van der Waals surface area contributed by atoms with E-state index in [1.807, 2.05) is 0 Å². The number of benzene rings is 4. The summed E-state index contributed by atoms with van der Waals surface area (Å²) in [6.45, 7) is 0. The number of hydrogen-bond acceptors (Lipinski definition) is 4. The number of urea groups is 1. The maximum Gasteiger partial charge on any atom is 0.336 e. The van der Waals surface area contributed by atoms with Gasteiger partial charge >= 0.3 is 12.0 Å². The quantitative estimate of drug-likeness (QED) is 0.454. The number of hydrogen-bond donors (Lipinski definition) is 2. The number of aromatic carboxylic acids is 1. The van der Waals surface area contributed by atoms with Gasteiger partial charge in [-0.2, -0.15) is 0 Å². The molecule has 7 heteroatoms. The van der Waals surface area contributed by atoms with E-state index >= 15 is 0 Å². The second-order valence-corrected chi connectivity index (χ2v) is 7.85. The summed E-state index contributed by atoms with van der Waals surface area (Å²) in [5.41, 5.74) is -0.689. The van der Waals surface area contributed by atoms with Crippen molar-refractivity contribution in [3.8, 4) is 0 Å². The van der Waals surface area contributed by atoms with Crippen LogP contribution in [0.15, 0.2) is 97.1 Å². The molecule has 4 aromatic carbocycles. The highest BCUT2D eigenvalue weighted by molar-refractivity contribution is 6.22. The summed E-state index contributed by atoms with van der Waals surface area (Å²) in [6.07, 6.45) is 0. The lowest BCUT2D eigenvalue weighted by Crippen LogP contribution is -2.50. The molecule has 0 bridgehead atoms. The van der Waals surface area contributed by atoms with Crippen LogP contribution in [0.3, 0.4) is 0 Å². The largest absolute Gasteiger partial charge is 0.478 e. The van der Waals surface area contributed by atoms with Gasteiger partial charge in [0.2, 0.25) is 0 Å². The molecule has 0 radical (unpaired) electrons. The molecule has 34 heavy (non-hydrogen) atoms. The molecule has 5 rings (SSSR count). The Kier molecular flexibility index (Phi) is 4.94. The summed E-state index contributed by atoms with van der Waals surface area (Å²) in [7, 11) is 0. The molecule has 4 amide bonds. The fourth-order valence-electron chi connectivity index (χ4n) is 4.58. The van der Waals surface area contributed by atoms with Crippen molar-refractivity contribution < 1.29 is 24.3 Å². The van der Waals surface area contributed by atoms with E-state index in [-0.39, 0.29) is 11.1 Å². The Balaban J connectivity index is 1.78. The Morgan fingerprint density at radius 1 is 0.676 bits per heavy atom. The third-order valence-corrected chi connectivity index (χ3v) is 6.06. The zero-order valence-electron chi connectivity index (χ0n) is 17.8. The second kappa shape index (κ2) is 7.97. The molecule has 166 valence electrons. The SMILES string of the molecule is O=C(O)c1ccc(C(=O)N2C(=O)NC(=O)C2(c2ccccc2)c2ccccc2)c2ccccc12. The predicted octanol–water partition coefficient (Wildman–Crippen LogP) is 4.17. The minimum atomic E-state index is -1.73. The molecule has 0 aliphatic carbocycles. The van der Waals surface area contributed by atoms with Crippen LogP contribution in [0.25, 0.3) is 10.8 Å². The summed E-state index contributed by atoms with van der Waals surface area (Å²) >= 11 is 0. The maximum atomic E-state index is 14.0. The minimum Gasteiger partial charge on any atom is -0.478 e. The van der Waals surface area contributed by atoms with Gasteiger partial charge in [0.15, 0.2) is 5.54 Å². The Morgan fingerprint density at radius 2 is 1.15 bits per heavy atom. The van der Waals surface area contributed by atoms with Crippen molar-refractivity contribution in [3.05, 3.63) is 119 Å². The van der Waals surface area contributed by atoms with E-state index in [1.165, 1.54) is 12.1 Å². The number of fused-ring (bicyclic) bond motifs is 1. The van der Waals surface area contributed by atoms with Gasteiger partial charge in [-0.25, -0.2) is 14.5 Å². The Labute approximate surface area is 194 Å². The molecule has 4 aromatic rings. The van der Waals surface area contributed by atoms with Gasteiger partial charge in [-0.05, 0) is 34.0 Å². The molecule has 0 saturated carbocycles. The van der Waals surface area contributed by atoms with E-state index in [1.54, 1.807) is 84.9 Å². The molecule has 7 nitrogen and oxygen atoms in total. The predicted molar refractivity (Wildman–Crippen MR) is 124 cm³/mol. The molecule has 0 aromatic heterocycles. The van der Waals surface area contributed by atoms with Crippen molar-refractivity contribution in [2.24, 2.45) is 0 Å². The van der Waals surface area contributed by atoms with Gasteiger partial charge in [-0.1, -0.05) is 84.9 Å². The molecule has 1 saturated heterocycles. The first-order chi connectivity index (χ1) is 16.5. The van der Waals surface area contributed by atoms with Crippen LogP contribution < -0.4 is 5.32 Å². The van der Waals surface area contributed by atoms with Crippen LogP contribution in [-0.4, -0.2) is 33.8 Å². The maximum absolute atomic E-state index is 14.0. The number of nitrogens with one attached hydrogen (secondary N) is 1. The number of amides is 4. The topological polar surface area (TPSA) is 104 Å². The zero-order valence-corrected chi connectivity index (χ0v) is 17.8. The van der Waals surface area contributed by atoms with Crippen molar-refractivity contribution in [2.45, 2.75) is 5.54 Å². The minimum absolute atomic E-state index is 0.0338. The monoisotopic (exact) mass is 450 g/mol. The molecule has 1 heterocycles. The first kappa shape index (κ1) is 21.1. The van der Waals surface area contributed by atoms with Crippen LogP contribution >= 0.6 is 0 Å². The van der Waals surface area contributed by atoms with E-state index in [0.29, 0.717) is 21.9 Å². The van der Waals surface area contributed by atoms with E-state index in [0.717, 1.165) is 4.90 Å². The third-order valence-electron chi connectivity index (χ3n) is 6.06. The molecule has 2 N–H and O–H groups in total. The highest BCUT2D eigenvalue weighted by Gasteiger charge is 2.58. The molecule has 0 atom stereocenters. The highest BCUT2D eigenvalue weighted by atomic mass is 16.4. The molecule has 1 fully saturated rings. The summed E-state index contributed by atoms with van der Waals surface area (Å²) in [5.74, 6) is -2.49. The average Bonchev–Trinajstić information content (AvgIpc) is 3.14. The second-order valence-electron chi connectivity index (χ2n) is 7.85. The fourth-order valence-corrected chi connectivity index (χ4v) is 4.58. The van der Waals surface area contributed by atoms with Crippen molar-refractivity contribution in [2.75, 3.05) is 0 Å². The van der Waals surface area contributed by atoms with Gasteiger partial charge in [0.25, 0.3) is 11.8 Å². The molecule has 1 aliphatic heterocycles. The van der Waals surface area contributed by atoms with Crippen LogP contribution in [-0.2, 0) is 10.3 Å². The number of carbonyl (C=O) groups is 4. The summed E-state index contributed by atoms with van der Waals surface area (Å²) in [5, 5.41) is 12.6. The van der Waals surface area contributed by atoms with Gasteiger partial charge in [-0.3, -0.25) is 14.9 Å². The first-order valence-corrected chi connectivity index (χ1v) is 10.5. The lowest BCUT2D eigenvalue weighted by atomic mass is 9.81. The number of carboxylic acids is 1. The zero-order chi connectivity index (χ0) is 23.9. The van der Waals surface area contributed by atoms with Gasteiger partial charge in [0, 0.05) is 5.56 Å². The van der Waals surface area contributed by atoms with Gasteiger partial charge in [-0.15, -0.1) is 0 Å². The standard InChI is InChI=1S/C27H18N2O5/c30-23(21-15-16-22(24(31)32)20-14-8-7-13-19(20)21)29-26(34)28-25(33)27(29,17-9-3-1-4-10-17)18-11-5-2-6-12-18/h1-16H,(H,31,32)(H,28,33,34). The van der Waals surface area contributed by atoms with E-state index in [9.17, 15) is 24.3 Å². The van der Waals surface area contributed by atoms with Crippen LogP contribution in [0.1, 0.15) is 31.8 Å². The number of nitrogens with zero attached hydrogens (tertiary/aromatic N) is 1. The number of carbonyl (C=O) groups excluding carboxylic acids is 3. The normalized spacial score (nSPS) is 14.8. The van der Waals surface area contributed by atoms with Crippen LogP contribution in [0.5, 0.6) is 0 Å². The number of imide groups is 2. The van der Waals surface area contributed by atoms with Crippen molar-refractivity contribution in [1.82, 2.24) is 10.2 Å². The molecular weight excluding hydrogens is 432 g/mol. The Morgan fingerprint density at radius 3 is 1.68 bits per heavy atom. The van der Waals surface area contributed by atoms with Crippen LogP contribution in [0.4, 0.5) is 4.79 Å². The smallest absolute Gasteiger partial charge is 0.336 e. The molecular formula is C27H18N2O5. The van der Waals surface area contributed by atoms with Gasteiger partial charge in [0.1, 0.15) is 0 Å². The van der Waals surface area contributed by atoms with Gasteiger partial charge < -0.3 is 5.11 Å². The van der Waals surface area contributed by atoms with Gasteiger partial charge in [0.05, 0.1) is 5.56 Å². The van der Waals surface area contributed by atoms with E-state index in [4.69, 9.17) is 0 Å². The molecule has 0 spiro atoms. The lowest BCUT2D eigenvalue weighted by molar-refractivity contribution is -0.124. The van der Waals surface area contributed by atoms with Crippen LogP contribution in [0, 0.1) is 0 Å². The number of carboxylic acid groups (broad SMARTS) is 1.